The Morgan fingerprint density at radius 1 is 1.14 bits per heavy atom. The van der Waals surface area contributed by atoms with Gasteiger partial charge in [-0.2, -0.15) is 0 Å². The van der Waals surface area contributed by atoms with Crippen molar-refractivity contribution in [2.75, 3.05) is 7.11 Å². The van der Waals surface area contributed by atoms with Crippen molar-refractivity contribution in [2.24, 2.45) is 0 Å². The lowest BCUT2D eigenvalue weighted by atomic mass is 9.85. The molecule has 0 saturated heterocycles. The first kappa shape index (κ1) is 17.6. The molecule has 3 aromatic rings. The summed E-state index contributed by atoms with van der Waals surface area (Å²) in [5.41, 5.74) is 2.93. The lowest BCUT2D eigenvalue weighted by molar-refractivity contribution is 0.236. The molecule has 144 valence electrons. The molecule has 5 rings (SSSR count). The topological polar surface area (TPSA) is 70.3 Å². The molecule has 6 nitrogen and oxygen atoms in total. The molecule has 1 aliphatic heterocycles. The van der Waals surface area contributed by atoms with Gasteiger partial charge in [0.2, 0.25) is 5.88 Å². The summed E-state index contributed by atoms with van der Waals surface area (Å²) in [6, 6.07) is 9.63. The third-order valence-electron chi connectivity index (χ3n) is 5.44. The number of ether oxygens (including phenoxy) is 2. The molecule has 2 aromatic heterocycles. The van der Waals surface area contributed by atoms with E-state index < -0.39 is 0 Å². The monoisotopic (exact) mass is 395 g/mol. The van der Waals surface area contributed by atoms with Gasteiger partial charge in [0, 0.05) is 22.8 Å². The molecule has 2 aliphatic rings. The van der Waals surface area contributed by atoms with E-state index in [1.165, 1.54) is 31.2 Å². The van der Waals surface area contributed by atoms with E-state index in [-0.39, 0.29) is 0 Å². The zero-order valence-electron chi connectivity index (χ0n) is 15.6. The molecule has 0 N–H and O–H groups in total. The predicted octanol–water partition coefficient (Wildman–Crippen LogP) is 4.85. The number of hydrogen-bond donors (Lipinski definition) is 0. The maximum atomic E-state index is 6.05. The van der Waals surface area contributed by atoms with E-state index in [4.69, 9.17) is 14.0 Å². The summed E-state index contributed by atoms with van der Waals surface area (Å²) in [7, 11) is 1.65. The van der Waals surface area contributed by atoms with Crippen molar-refractivity contribution < 1.29 is 14.0 Å². The van der Waals surface area contributed by atoms with E-state index in [2.05, 4.69) is 15.1 Å². The lowest BCUT2D eigenvalue weighted by Crippen LogP contribution is -2.16. The number of nitrogens with zero attached hydrogens (tertiary/aromatic N) is 3. The highest BCUT2D eigenvalue weighted by atomic mass is 32.2. The number of methoxy groups -OCH3 is 1. The zero-order valence-corrected chi connectivity index (χ0v) is 16.4. The smallest absolute Gasteiger partial charge is 0.221 e. The van der Waals surface area contributed by atoms with E-state index in [1.807, 2.05) is 42.1 Å². The van der Waals surface area contributed by atoms with Crippen LogP contribution >= 0.6 is 11.8 Å². The second-order valence-electron chi connectivity index (χ2n) is 7.14. The van der Waals surface area contributed by atoms with Gasteiger partial charge in [-0.15, -0.1) is 11.8 Å². The van der Waals surface area contributed by atoms with Gasteiger partial charge in [-0.1, -0.05) is 18.0 Å². The summed E-state index contributed by atoms with van der Waals surface area (Å²) in [6.07, 6.45) is 6.61. The quantitative estimate of drug-likeness (QED) is 0.572. The standard InChI is InChI=1S/C21H21N3O3S/c1-25-14-8-6-13(7-9-14)17-10-15(27-24-17)11-26-20-19-16-4-2-3-5-18(16)28-21(19)23-12-22-20/h6-10,12,16,18H,2-5,11H2,1H3. The lowest BCUT2D eigenvalue weighted by Gasteiger charge is -2.24. The molecule has 2 unspecified atom stereocenters. The molecule has 3 heterocycles. The highest BCUT2D eigenvalue weighted by Gasteiger charge is 2.39. The number of fused-ring (bicyclic) bond motifs is 3. The van der Waals surface area contributed by atoms with Crippen LogP contribution in [-0.2, 0) is 6.61 Å². The SMILES string of the molecule is COc1ccc(-c2cc(COc3ncnc4c3C3CCCCC3S4)on2)cc1. The second-order valence-corrected chi connectivity index (χ2v) is 8.37. The number of rotatable bonds is 5. The molecule has 2 atom stereocenters. The van der Waals surface area contributed by atoms with E-state index in [0.717, 1.165) is 22.0 Å². The van der Waals surface area contributed by atoms with Crippen LogP contribution in [0.5, 0.6) is 11.6 Å². The van der Waals surface area contributed by atoms with Gasteiger partial charge in [0.15, 0.2) is 12.4 Å². The van der Waals surface area contributed by atoms with Gasteiger partial charge in [-0.3, -0.25) is 0 Å². The first-order valence-electron chi connectivity index (χ1n) is 9.56. The molecule has 7 heteroatoms. The van der Waals surface area contributed by atoms with Gasteiger partial charge >= 0.3 is 0 Å². The molecule has 0 bridgehead atoms. The molecule has 1 aromatic carbocycles. The first-order valence-corrected chi connectivity index (χ1v) is 10.4. The normalized spacial score (nSPS) is 20.5. The molecule has 0 amide bonds. The Kier molecular flexibility index (Phi) is 4.68. The largest absolute Gasteiger partial charge is 0.497 e. The minimum Gasteiger partial charge on any atom is -0.497 e. The predicted molar refractivity (Wildman–Crippen MR) is 106 cm³/mol. The minimum atomic E-state index is 0.300. The number of aromatic nitrogens is 3. The van der Waals surface area contributed by atoms with Crippen LogP contribution < -0.4 is 9.47 Å². The average Bonchev–Trinajstić information content (AvgIpc) is 3.37. The van der Waals surface area contributed by atoms with Crippen molar-refractivity contribution in [1.29, 1.82) is 0 Å². The zero-order chi connectivity index (χ0) is 18.9. The highest BCUT2D eigenvalue weighted by molar-refractivity contribution is 8.00. The van der Waals surface area contributed by atoms with Crippen molar-refractivity contribution in [3.05, 3.63) is 48.0 Å². The van der Waals surface area contributed by atoms with Gasteiger partial charge in [0.25, 0.3) is 0 Å². The van der Waals surface area contributed by atoms with Crippen LogP contribution in [0, 0.1) is 0 Å². The molecule has 1 aliphatic carbocycles. The average molecular weight is 395 g/mol. The number of hydrogen-bond acceptors (Lipinski definition) is 7. The van der Waals surface area contributed by atoms with Crippen LogP contribution in [0.3, 0.4) is 0 Å². The van der Waals surface area contributed by atoms with Crippen LogP contribution in [0.1, 0.15) is 42.9 Å². The second kappa shape index (κ2) is 7.47. The third-order valence-corrected chi connectivity index (χ3v) is 6.86. The third kappa shape index (κ3) is 3.24. The fraction of sp³-hybridized carbons (Fsp3) is 0.381. The van der Waals surface area contributed by atoms with E-state index in [1.54, 1.807) is 13.4 Å². The van der Waals surface area contributed by atoms with Gasteiger partial charge in [-0.05, 0) is 37.1 Å². The van der Waals surface area contributed by atoms with Crippen molar-refractivity contribution in [3.8, 4) is 22.9 Å². The summed E-state index contributed by atoms with van der Waals surface area (Å²) >= 11 is 1.88. The van der Waals surface area contributed by atoms with Gasteiger partial charge in [0.1, 0.15) is 22.8 Å². The van der Waals surface area contributed by atoms with Gasteiger partial charge in [0.05, 0.1) is 12.7 Å². The van der Waals surface area contributed by atoms with Crippen LogP contribution in [0.4, 0.5) is 0 Å². The maximum Gasteiger partial charge on any atom is 0.221 e. The van der Waals surface area contributed by atoms with Crippen LogP contribution in [-0.4, -0.2) is 27.5 Å². The summed E-state index contributed by atoms with van der Waals surface area (Å²) in [5, 5.41) is 5.86. The highest BCUT2D eigenvalue weighted by Crippen LogP contribution is 2.53. The summed E-state index contributed by atoms with van der Waals surface area (Å²) in [4.78, 5) is 8.90. The van der Waals surface area contributed by atoms with Crippen molar-refractivity contribution in [2.45, 2.75) is 48.5 Å². The first-order chi connectivity index (χ1) is 13.8. The van der Waals surface area contributed by atoms with Crippen LogP contribution in [0.2, 0.25) is 0 Å². The fourth-order valence-corrected chi connectivity index (χ4v) is 5.50. The van der Waals surface area contributed by atoms with Crippen LogP contribution in [0.15, 0.2) is 46.2 Å². The Morgan fingerprint density at radius 2 is 2.00 bits per heavy atom. The maximum absolute atomic E-state index is 6.05. The molecule has 0 radical (unpaired) electrons. The molecule has 1 saturated carbocycles. The fourth-order valence-electron chi connectivity index (χ4n) is 4.02. The molecular weight excluding hydrogens is 374 g/mol. The van der Waals surface area contributed by atoms with E-state index >= 15 is 0 Å². The Hall–Kier alpha value is -2.54. The summed E-state index contributed by atoms with van der Waals surface area (Å²) in [5.74, 6) is 2.68. The van der Waals surface area contributed by atoms with Gasteiger partial charge in [-0.25, -0.2) is 9.97 Å². The Balaban J connectivity index is 1.31. The molecule has 0 spiro atoms. The number of benzene rings is 1. The van der Waals surface area contributed by atoms with Crippen molar-refractivity contribution in [1.82, 2.24) is 15.1 Å². The van der Waals surface area contributed by atoms with Crippen LogP contribution in [0.25, 0.3) is 11.3 Å². The molecule has 1 fully saturated rings. The van der Waals surface area contributed by atoms with E-state index in [0.29, 0.717) is 29.4 Å². The minimum absolute atomic E-state index is 0.300. The summed E-state index contributed by atoms with van der Waals surface area (Å²) < 4.78 is 16.7. The van der Waals surface area contributed by atoms with Crippen molar-refractivity contribution >= 4 is 11.8 Å². The Bertz CT molecular complexity index is 973. The Labute approximate surface area is 167 Å². The Morgan fingerprint density at radius 3 is 2.86 bits per heavy atom. The number of thioether (sulfide) groups is 1. The van der Waals surface area contributed by atoms with E-state index in [9.17, 15) is 0 Å². The molecular formula is C21H21N3O3S. The van der Waals surface area contributed by atoms with Gasteiger partial charge < -0.3 is 14.0 Å². The molecule has 28 heavy (non-hydrogen) atoms. The summed E-state index contributed by atoms with van der Waals surface area (Å²) in [6.45, 7) is 0.300. The van der Waals surface area contributed by atoms with Crippen molar-refractivity contribution in [3.63, 3.8) is 0 Å².